The lowest BCUT2D eigenvalue weighted by Gasteiger charge is -2.25. The number of nitrogens with one attached hydrogen (secondary N) is 1. The molecule has 178 valence electrons. The van der Waals surface area contributed by atoms with Crippen molar-refractivity contribution >= 4 is 37.4 Å². The number of rotatable bonds is 7. The fourth-order valence-corrected chi connectivity index (χ4v) is 5.53. The molecule has 0 spiro atoms. The molecule has 1 saturated heterocycles. The van der Waals surface area contributed by atoms with E-state index >= 15 is 0 Å². The molecule has 0 aliphatic carbocycles. The first-order valence-corrected chi connectivity index (χ1v) is 13.7. The molecule has 1 fully saturated rings. The Labute approximate surface area is 193 Å². The van der Waals surface area contributed by atoms with E-state index in [0.717, 1.165) is 25.5 Å². The minimum atomic E-state index is -3.58. The molecule has 1 aliphatic heterocycles. The number of hydrogen-bond acceptors (Lipinski definition) is 7. The summed E-state index contributed by atoms with van der Waals surface area (Å²) in [6, 6.07) is 11.1. The van der Waals surface area contributed by atoms with Crippen LogP contribution in [0.15, 0.2) is 58.3 Å². The SMILES string of the molecule is C[C@@H](OC(=O)c1cccc(S(C)(=O)=O)c1)C(=O)Nc1ccc(S(=O)(=O)N2CCCCC2)cc1. The van der Waals surface area contributed by atoms with E-state index in [4.69, 9.17) is 4.74 Å². The van der Waals surface area contributed by atoms with Gasteiger partial charge < -0.3 is 10.1 Å². The summed E-state index contributed by atoms with van der Waals surface area (Å²) >= 11 is 0. The number of carbonyl (C=O) groups is 2. The molecule has 1 amide bonds. The van der Waals surface area contributed by atoms with Gasteiger partial charge in [-0.25, -0.2) is 21.6 Å². The molecule has 1 aliphatic rings. The minimum Gasteiger partial charge on any atom is -0.449 e. The molecule has 0 aromatic heterocycles. The van der Waals surface area contributed by atoms with Crippen LogP contribution in [0.1, 0.15) is 36.5 Å². The van der Waals surface area contributed by atoms with Crippen molar-refractivity contribution in [1.29, 1.82) is 0 Å². The van der Waals surface area contributed by atoms with Crippen LogP contribution in [-0.4, -0.2) is 58.5 Å². The summed E-state index contributed by atoms with van der Waals surface area (Å²) in [6.07, 6.45) is 2.54. The van der Waals surface area contributed by atoms with Gasteiger partial charge in [0.05, 0.1) is 15.4 Å². The van der Waals surface area contributed by atoms with Crippen LogP contribution in [0.3, 0.4) is 0 Å². The van der Waals surface area contributed by atoms with Crippen LogP contribution in [0.4, 0.5) is 5.69 Å². The quantitative estimate of drug-likeness (QED) is 0.586. The van der Waals surface area contributed by atoms with Gasteiger partial charge in [-0.15, -0.1) is 0 Å². The second-order valence-electron chi connectivity index (χ2n) is 7.83. The number of benzene rings is 2. The van der Waals surface area contributed by atoms with E-state index in [1.54, 1.807) is 0 Å². The fraction of sp³-hybridized carbons (Fsp3) is 0.364. The zero-order chi connectivity index (χ0) is 24.2. The van der Waals surface area contributed by atoms with E-state index in [-0.39, 0.29) is 15.4 Å². The highest BCUT2D eigenvalue weighted by atomic mass is 32.2. The predicted molar refractivity (Wildman–Crippen MR) is 122 cm³/mol. The van der Waals surface area contributed by atoms with Crippen molar-refractivity contribution in [3.8, 4) is 0 Å². The molecule has 2 aromatic rings. The number of nitrogens with zero attached hydrogens (tertiary/aromatic N) is 1. The van der Waals surface area contributed by atoms with Crippen molar-refractivity contribution in [1.82, 2.24) is 4.31 Å². The Bertz CT molecular complexity index is 1230. The monoisotopic (exact) mass is 494 g/mol. The van der Waals surface area contributed by atoms with Crippen LogP contribution in [0, 0.1) is 0 Å². The summed E-state index contributed by atoms with van der Waals surface area (Å²) in [4.78, 5) is 24.9. The number of esters is 1. The first-order chi connectivity index (χ1) is 15.5. The third-order valence-electron chi connectivity index (χ3n) is 5.23. The van der Waals surface area contributed by atoms with Crippen molar-refractivity contribution in [3.63, 3.8) is 0 Å². The average molecular weight is 495 g/mol. The third-order valence-corrected chi connectivity index (χ3v) is 8.25. The molecule has 2 aromatic carbocycles. The first kappa shape index (κ1) is 24.9. The Hall–Kier alpha value is -2.76. The number of amides is 1. The molecule has 3 rings (SSSR count). The van der Waals surface area contributed by atoms with Gasteiger partial charge in [0.25, 0.3) is 5.91 Å². The number of anilines is 1. The van der Waals surface area contributed by atoms with Crippen LogP contribution in [0.5, 0.6) is 0 Å². The number of sulfonamides is 1. The lowest BCUT2D eigenvalue weighted by atomic mass is 10.2. The normalized spacial score (nSPS) is 16.1. The van der Waals surface area contributed by atoms with Gasteiger partial charge in [0, 0.05) is 25.0 Å². The van der Waals surface area contributed by atoms with Crippen LogP contribution >= 0.6 is 0 Å². The summed E-state index contributed by atoms with van der Waals surface area (Å²) < 4.78 is 55.4. The largest absolute Gasteiger partial charge is 0.449 e. The summed E-state index contributed by atoms with van der Waals surface area (Å²) in [5.41, 5.74) is 0.351. The number of ether oxygens (including phenoxy) is 1. The number of carbonyl (C=O) groups excluding carboxylic acids is 2. The molecular weight excluding hydrogens is 468 g/mol. The van der Waals surface area contributed by atoms with E-state index in [1.165, 1.54) is 59.8 Å². The first-order valence-electron chi connectivity index (χ1n) is 10.4. The summed E-state index contributed by atoms with van der Waals surface area (Å²) in [5.74, 6) is -1.46. The predicted octanol–water partition coefficient (Wildman–Crippen LogP) is 2.45. The molecule has 1 N–H and O–H groups in total. The minimum absolute atomic E-state index is 0.00449. The van der Waals surface area contributed by atoms with Crippen molar-refractivity contribution in [2.24, 2.45) is 0 Å². The van der Waals surface area contributed by atoms with Crippen molar-refractivity contribution in [2.45, 2.75) is 42.1 Å². The molecule has 0 bridgehead atoms. The van der Waals surface area contributed by atoms with E-state index < -0.39 is 37.8 Å². The van der Waals surface area contributed by atoms with Crippen molar-refractivity contribution < 1.29 is 31.2 Å². The number of sulfone groups is 1. The summed E-state index contributed by atoms with van der Waals surface area (Å²) in [6.45, 7) is 2.37. The zero-order valence-corrected chi connectivity index (χ0v) is 20.0. The molecule has 33 heavy (non-hydrogen) atoms. The Morgan fingerprint density at radius 2 is 1.58 bits per heavy atom. The molecule has 1 heterocycles. The van der Waals surface area contributed by atoms with Gasteiger partial charge >= 0.3 is 5.97 Å². The van der Waals surface area contributed by atoms with Gasteiger partial charge in [-0.2, -0.15) is 4.31 Å². The molecular formula is C22H26N2O7S2. The molecule has 11 heteroatoms. The van der Waals surface area contributed by atoms with Crippen LogP contribution < -0.4 is 5.32 Å². The van der Waals surface area contributed by atoms with Gasteiger partial charge in [-0.05, 0) is 62.2 Å². The van der Waals surface area contributed by atoms with Gasteiger partial charge in [-0.1, -0.05) is 12.5 Å². The Kier molecular flexibility index (Phi) is 7.55. The number of hydrogen-bond donors (Lipinski definition) is 1. The highest BCUT2D eigenvalue weighted by Gasteiger charge is 2.26. The van der Waals surface area contributed by atoms with Gasteiger partial charge in [-0.3, -0.25) is 4.79 Å². The van der Waals surface area contributed by atoms with E-state index in [0.29, 0.717) is 18.8 Å². The smallest absolute Gasteiger partial charge is 0.338 e. The molecule has 0 unspecified atom stereocenters. The standard InChI is InChI=1S/C22H26N2O7S2/c1-16(31-22(26)17-7-6-8-20(15-17)32(2,27)28)21(25)23-18-9-11-19(12-10-18)33(29,30)24-13-4-3-5-14-24/h6-12,15-16H,3-5,13-14H2,1-2H3,(H,23,25)/t16-/m1/s1. The van der Waals surface area contributed by atoms with E-state index in [9.17, 15) is 26.4 Å². The summed E-state index contributed by atoms with van der Waals surface area (Å²) in [7, 11) is -7.07. The van der Waals surface area contributed by atoms with Gasteiger partial charge in [0.15, 0.2) is 15.9 Å². The highest BCUT2D eigenvalue weighted by Crippen LogP contribution is 2.22. The lowest BCUT2D eigenvalue weighted by molar-refractivity contribution is -0.123. The fourth-order valence-electron chi connectivity index (χ4n) is 3.34. The van der Waals surface area contributed by atoms with Gasteiger partial charge in [0.2, 0.25) is 10.0 Å². The van der Waals surface area contributed by atoms with Crippen molar-refractivity contribution in [3.05, 3.63) is 54.1 Å². The van der Waals surface area contributed by atoms with Crippen LogP contribution in [0.2, 0.25) is 0 Å². The maximum atomic E-state index is 12.7. The maximum absolute atomic E-state index is 12.7. The Balaban J connectivity index is 1.62. The lowest BCUT2D eigenvalue weighted by Crippen LogP contribution is -2.35. The van der Waals surface area contributed by atoms with Crippen LogP contribution in [-0.2, 0) is 29.4 Å². The Morgan fingerprint density at radius 3 is 2.18 bits per heavy atom. The molecule has 9 nitrogen and oxygen atoms in total. The topological polar surface area (TPSA) is 127 Å². The van der Waals surface area contributed by atoms with E-state index in [1.807, 2.05) is 0 Å². The summed E-state index contributed by atoms with van der Waals surface area (Å²) in [5, 5.41) is 2.57. The molecule has 1 atom stereocenters. The van der Waals surface area contributed by atoms with Crippen LogP contribution in [0.25, 0.3) is 0 Å². The van der Waals surface area contributed by atoms with E-state index in [2.05, 4.69) is 5.32 Å². The van der Waals surface area contributed by atoms with Crippen molar-refractivity contribution in [2.75, 3.05) is 24.7 Å². The second kappa shape index (κ2) is 10.0. The zero-order valence-electron chi connectivity index (χ0n) is 18.4. The average Bonchev–Trinajstić information content (AvgIpc) is 2.79. The highest BCUT2D eigenvalue weighted by molar-refractivity contribution is 7.90. The second-order valence-corrected chi connectivity index (χ2v) is 11.8. The Morgan fingerprint density at radius 1 is 0.939 bits per heavy atom. The maximum Gasteiger partial charge on any atom is 0.338 e. The van der Waals surface area contributed by atoms with Gasteiger partial charge in [0.1, 0.15) is 0 Å². The molecule has 0 radical (unpaired) electrons. The number of piperidine rings is 1. The molecule has 0 saturated carbocycles. The third kappa shape index (κ3) is 6.18.